The summed E-state index contributed by atoms with van der Waals surface area (Å²) < 4.78 is 72.6. The molecular weight excluding hydrogens is 738 g/mol. The van der Waals surface area contributed by atoms with Gasteiger partial charge in [-0.25, -0.2) is 0 Å². The van der Waals surface area contributed by atoms with Gasteiger partial charge in [0.15, 0.2) is 0 Å². The van der Waals surface area contributed by atoms with Crippen molar-refractivity contribution in [2.24, 2.45) is 5.92 Å². The van der Waals surface area contributed by atoms with E-state index >= 15 is 0 Å². The number of ether oxygens (including phenoxy) is 1. The normalized spacial score (nSPS) is 13.4. The van der Waals surface area contributed by atoms with Crippen molar-refractivity contribution in [3.05, 3.63) is 99.5 Å². The van der Waals surface area contributed by atoms with Crippen LogP contribution >= 0.6 is 23.2 Å². The van der Waals surface area contributed by atoms with Crippen LogP contribution in [0, 0.1) is 5.92 Å². The van der Waals surface area contributed by atoms with E-state index in [1.165, 1.54) is 45.2 Å². The number of alkyl halides is 5. The van der Waals surface area contributed by atoms with E-state index in [0.29, 0.717) is 26.9 Å². The zero-order valence-electron chi connectivity index (χ0n) is 28.0. The molecule has 0 aromatic heterocycles. The van der Waals surface area contributed by atoms with E-state index in [9.17, 15) is 45.9 Å². The van der Waals surface area contributed by atoms with E-state index in [-0.39, 0.29) is 18.4 Å². The molecule has 0 aliphatic rings. The molecule has 3 aromatic rings. The molecule has 280 valence electrons. The number of ketones is 1. The van der Waals surface area contributed by atoms with Crippen molar-refractivity contribution in [1.29, 1.82) is 0 Å². The molecule has 0 spiro atoms. The second-order valence-corrected chi connectivity index (χ2v) is 12.8. The summed E-state index contributed by atoms with van der Waals surface area (Å²) in [5.74, 6) is -13.1. The van der Waals surface area contributed by atoms with Gasteiger partial charge in [-0.05, 0) is 59.0 Å². The van der Waals surface area contributed by atoms with Gasteiger partial charge in [0, 0.05) is 16.5 Å². The van der Waals surface area contributed by atoms with Gasteiger partial charge in [-0.15, -0.1) is 0 Å². The first-order chi connectivity index (χ1) is 24.3. The van der Waals surface area contributed by atoms with Crippen molar-refractivity contribution in [2.45, 2.75) is 56.9 Å². The Bertz CT molecular complexity index is 1760. The van der Waals surface area contributed by atoms with E-state index in [4.69, 9.17) is 27.9 Å². The van der Waals surface area contributed by atoms with Crippen molar-refractivity contribution >= 4 is 52.6 Å². The summed E-state index contributed by atoms with van der Waals surface area (Å²) in [6.07, 6.45) is -5.33. The number of benzene rings is 3. The molecule has 4 N–H and O–H groups in total. The number of hydrogen-bond acceptors (Lipinski definition) is 6. The smallest absolute Gasteiger partial charge is 0.405 e. The van der Waals surface area contributed by atoms with Gasteiger partial charge >= 0.3 is 12.1 Å². The van der Waals surface area contributed by atoms with Gasteiger partial charge in [0.05, 0.1) is 19.6 Å². The summed E-state index contributed by atoms with van der Waals surface area (Å²) in [6.45, 7) is 0.388. The average molecular weight is 774 g/mol. The standard InChI is InChI=1S/C35H35Cl2F5N4O6/c1-19(2)28(30(48)35(41,42)33(51)43-18-34(38,39)40)45-32(50)29(22-10-12-25(52-3)13-11-22)46-31(49)26(16-20-6-4-8-23(36)14-20)44-27(47)17-21-7-5-9-24(37)15-21/h4-15,19,26,28-29H,16-18H2,1-3H3,(H,43,51)(H,44,47)(H,45,50)(H,46,49)/t26-,28-,29-/m0/s1. The topological polar surface area (TPSA) is 143 Å². The average Bonchev–Trinajstić information content (AvgIpc) is 3.07. The highest BCUT2D eigenvalue weighted by molar-refractivity contribution is 6.31. The summed E-state index contributed by atoms with van der Waals surface area (Å²) in [7, 11) is 1.37. The van der Waals surface area contributed by atoms with E-state index < -0.39 is 72.1 Å². The molecule has 3 aromatic carbocycles. The van der Waals surface area contributed by atoms with E-state index in [1.807, 2.05) is 0 Å². The lowest BCUT2D eigenvalue weighted by Crippen LogP contribution is -2.58. The minimum absolute atomic E-state index is 0.0862. The van der Waals surface area contributed by atoms with Crippen molar-refractivity contribution < 1.29 is 50.7 Å². The number of carbonyl (C=O) groups is 5. The fraction of sp³-hybridized carbons (Fsp3) is 0.343. The Morgan fingerprint density at radius 1 is 0.769 bits per heavy atom. The summed E-state index contributed by atoms with van der Waals surface area (Å²) >= 11 is 12.2. The molecule has 10 nitrogen and oxygen atoms in total. The van der Waals surface area contributed by atoms with Crippen LogP contribution < -0.4 is 26.0 Å². The highest BCUT2D eigenvalue weighted by Crippen LogP contribution is 2.24. The van der Waals surface area contributed by atoms with E-state index in [1.54, 1.807) is 48.5 Å². The lowest BCUT2D eigenvalue weighted by Gasteiger charge is -2.28. The molecule has 52 heavy (non-hydrogen) atoms. The first-order valence-corrected chi connectivity index (χ1v) is 16.4. The van der Waals surface area contributed by atoms with Gasteiger partial charge < -0.3 is 26.0 Å². The summed E-state index contributed by atoms with van der Waals surface area (Å²) in [4.78, 5) is 65.8. The molecule has 0 aliphatic heterocycles. The molecule has 0 fully saturated rings. The third kappa shape index (κ3) is 12.2. The van der Waals surface area contributed by atoms with Crippen LogP contribution in [0.1, 0.15) is 36.6 Å². The summed E-state index contributed by atoms with van der Waals surface area (Å²) in [5, 5.41) is 8.95. The zero-order valence-corrected chi connectivity index (χ0v) is 29.5. The quantitative estimate of drug-likeness (QED) is 0.117. The van der Waals surface area contributed by atoms with Gasteiger partial charge in [-0.3, -0.25) is 24.0 Å². The van der Waals surface area contributed by atoms with Crippen LogP contribution in [-0.4, -0.2) is 67.2 Å². The molecule has 0 aliphatic carbocycles. The van der Waals surface area contributed by atoms with E-state index in [0.717, 1.165) is 5.32 Å². The SMILES string of the molecule is COc1ccc([C@H](NC(=O)[C@H](Cc2cccc(Cl)c2)NC(=O)Cc2cccc(Cl)c2)C(=O)N[C@H](C(=O)C(F)(F)C(=O)NCC(F)(F)F)C(C)C)cc1. The third-order valence-electron chi connectivity index (χ3n) is 7.52. The first-order valence-electron chi connectivity index (χ1n) is 15.6. The lowest BCUT2D eigenvalue weighted by atomic mass is 9.94. The number of hydrogen-bond donors (Lipinski definition) is 4. The van der Waals surface area contributed by atoms with E-state index in [2.05, 4.69) is 16.0 Å². The number of amides is 4. The molecule has 0 saturated heterocycles. The van der Waals surface area contributed by atoms with Crippen molar-refractivity contribution in [3.63, 3.8) is 0 Å². The maximum atomic E-state index is 14.9. The Kier molecular flexibility index (Phi) is 14.5. The zero-order chi connectivity index (χ0) is 38.8. The molecular formula is C35H35Cl2F5N4O6. The minimum Gasteiger partial charge on any atom is -0.497 e. The molecule has 3 rings (SSSR count). The highest BCUT2D eigenvalue weighted by atomic mass is 35.5. The van der Waals surface area contributed by atoms with Crippen LogP contribution in [0.15, 0.2) is 72.8 Å². The van der Waals surface area contributed by atoms with Crippen molar-refractivity contribution in [2.75, 3.05) is 13.7 Å². The molecule has 0 saturated carbocycles. The molecule has 0 bridgehead atoms. The Balaban J connectivity index is 1.94. The Morgan fingerprint density at radius 3 is 1.88 bits per heavy atom. The Morgan fingerprint density at radius 2 is 1.35 bits per heavy atom. The van der Waals surface area contributed by atoms with Gasteiger partial charge in [-0.1, -0.05) is 73.4 Å². The fourth-order valence-electron chi connectivity index (χ4n) is 4.90. The highest BCUT2D eigenvalue weighted by Gasteiger charge is 2.52. The molecule has 17 heteroatoms. The number of rotatable bonds is 16. The summed E-state index contributed by atoms with van der Waals surface area (Å²) in [6, 6.07) is 13.4. The number of methoxy groups -OCH3 is 1. The molecule has 4 amide bonds. The molecule has 0 unspecified atom stereocenters. The van der Waals surface area contributed by atoms with Crippen LogP contribution in [0.4, 0.5) is 22.0 Å². The molecule has 0 radical (unpaired) electrons. The molecule has 3 atom stereocenters. The van der Waals surface area contributed by atoms with Gasteiger partial charge in [-0.2, -0.15) is 22.0 Å². The van der Waals surface area contributed by atoms with Crippen LogP contribution in [0.3, 0.4) is 0 Å². The second-order valence-electron chi connectivity index (χ2n) is 11.9. The number of nitrogens with one attached hydrogen (secondary N) is 4. The fourth-order valence-corrected chi connectivity index (χ4v) is 5.32. The number of carbonyl (C=O) groups excluding carboxylic acids is 5. The van der Waals surface area contributed by atoms with Gasteiger partial charge in [0.2, 0.25) is 23.5 Å². The van der Waals surface area contributed by atoms with Gasteiger partial charge in [0.1, 0.15) is 24.4 Å². The van der Waals surface area contributed by atoms with Gasteiger partial charge in [0.25, 0.3) is 5.91 Å². The second kappa shape index (κ2) is 18.1. The Hall–Kier alpha value is -4.76. The predicted molar refractivity (Wildman–Crippen MR) is 182 cm³/mol. The van der Waals surface area contributed by atoms with Crippen molar-refractivity contribution in [3.8, 4) is 5.75 Å². The lowest BCUT2D eigenvalue weighted by molar-refractivity contribution is -0.165. The monoisotopic (exact) mass is 772 g/mol. The van der Waals surface area contributed by atoms with Crippen molar-refractivity contribution in [1.82, 2.24) is 21.3 Å². The predicted octanol–water partition coefficient (Wildman–Crippen LogP) is 5.15. The maximum Gasteiger partial charge on any atom is 0.405 e. The number of halogens is 7. The van der Waals surface area contributed by atoms with Crippen LogP contribution in [0.5, 0.6) is 5.75 Å². The van der Waals surface area contributed by atoms with Crippen LogP contribution in [0.25, 0.3) is 0 Å². The largest absolute Gasteiger partial charge is 0.497 e. The first kappa shape index (κ1) is 41.7. The van der Waals surface area contributed by atoms with Crippen LogP contribution in [-0.2, 0) is 36.8 Å². The maximum absolute atomic E-state index is 14.9. The number of Topliss-reactive ketones (excluding diaryl/α,β-unsaturated/α-hetero) is 1. The van der Waals surface area contributed by atoms with Crippen LogP contribution in [0.2, 0.25) is 10.0 Å². The Labute approximate surface area is 305 Å². The molecule has 0 heterocycles. The third-order valence-corrected chi connectivity index (χ3v) is 7.99. The summed E-state index contributed by atoms with van der Waals surface area (Å²) in [5.41, 5.74) is 1.15. The minimum atomic E-state index is -5.04.